The molecule has 0 atom stereocenters. The van der Waals surface area contributed by atoms with Crippen molar-refractivity contribution in [1.82, 2.24) is 29.1 Å². The molecular formula is C80H52N6OSSi2. The average molecular weight is 1200 g/mol. The van der Waals surface area contributed by atoms with Crippen molar-refractivity contribution in [3.8, 4) is 23.0 Å². The van der Waals surface area contributed by atoms with E-state index < -0.39 is 16.1 Å². The summed E-state index contributed by atoms with van der Waals surface area (Å²) >= 11 is 1.88. The van der Waals surface area contributed by atoms with Crippen molar-refractivity contribution >= 4 is 155 Å². The van der Waals surface area contributed by atoms with Crippen molar-refractivity contribution in [3.63, 3.8) is 0 Å². The van der Waals surface area contributed by atoms with E-state index in [-0.39, 0.29) is 0 Å². The molecule has 12 aromatic carbocycles. The number of fused-ring (bicyclic) bond motifs is 12. The van der Waals surface area contributed by atoms with Crippen LogP contribution in [0.4, 0.5) is 0 Å². The molecule has 0 aliphatic rings. The van der Waals surface area contributed by atoms with Gasteiger partial charge in [0.05, 0.1) is 22.1 Å². The fraction of sp³-hybridized carbons (Fsp3) is 0. The lowest BCUT2D eigenvalue weighted by molar-refractivity contribution is 0.671. The molecule has 90 heavy (non-hydrogen) atoms. The van der Waals surface area contributed by atoms with E-state index in [9.17, 15) is 0 Å². The summed E-state index contributed by atoms with van der Waals surface area (Å²) in [5.41, 5.74) is 8.02. The van der Waals surface area contributed by atoms with Crippen molar-refractivity contribution in [2.45, 2.75) is 0 Å². The second-order valence-corrected chi connectivity index (χ2v) is 31.8. The number of nitrogens with zero attached hydrogens (tertiary/aromatic N) is 6. The van der Waals surface area contributed by atoms with Gasteiger partial charge in [-0.2, -0.15) is 0 Å². The quantitative estimate of drug-likeness (QED) is 0.0953. The molecule has 0 saturated carbocycles. The molecule has 0 amide bonds. The van der Waals surface area contributed by atoms with Gasteiger partial charge in [-0.3, -0.25) is 9.13 Å². The topological polar surface area (TPSA) is 74.6 Å². The number of hydrogen-bond donors (Lipinski definition) is 0. The van der Waals surface area contributed by atoms with Crippen molar-refractivity contribution in [1.29, 1.82) is 0 Å². The Kier molecular flexibility index (Phi) is 12.0. The van der Waals surface area contributed by atoms with E-state index in [0.29, 0.717) is 11.9 Å². The van der Waals surface area contributed by atoms with Crippen LogP contribution >= 0.6 is 11.3 Å². The normalized spacial score (nSPS) is 12.2. The zero-order valence-corrected chi connectivity index (χ0v) is 51.3. The van der Waals surface area contributed by atoms with Gasteiger partial charge in [-0.25, -0.2) is 19.9 Å². The number of thiophene rings is 1. The Morgan fingerprint density at radius 1 is 0.289 bits per heavy atom. The standard InChI is InChI=1S/C80H52N6OSSi2/c1-5-24-55(25-6-1)89(56-26-7-2-8-27-56,75-43-23-37-66-65-36-17-22-42-74(65)88-78(66)75)59-49-81-80(82-50-59)86-71-40-20-15-34-63(71)67-46-53(44-45-72(67)86)54-47-68-64-35-16-21-41-73(64)87-77(68)76(48-54)90(57-28-9-3-10-29-57,58-30-11-4-12-31-58)60-51-83-79(84-52-60)85-69-38-18-13-32-61(69)62-33-14-19-39-70(62)85/h1-52H. The summed E-state index contributed by atoms with van der Waals surface area (Å²) in [6.07, 6.45) is 8.43. The van der Waals surface area contributed by atoms with Crippen LogP contribution in [0.15, 0.2) is 320 Å². The maximum atomic E-state index is 7.22. The minimum atomic E-state index is -3.39. The minimum Gasteiger partial charge on any atom is -0.456 e. The fourth-order valence-electron chi connectivity index (χ4n) is 14.8. The summed E-state index contributed by atoms with van der Waals surface area (Å²) in [7, 11) is -6.47. The van der Waals surface area contributed by atoms with Crippen LogP contribution in [0.2, 0.25) is 0 Å². The smallest absolute Gasteiger partial charge is 0.234 e. The molecule has 10 heteroatoms. The number of para-hydroxylation sites is 4. The van der Waals surface area contributed by atoms with Gasteiger partial charge in [0.15, 0.2) is 16.1 Å². The highest BCUT2D eigenvalue weighted by Gasteiger charge is 2.46. The first-order chi connectivity index (χ1) is 44.6. The third-order valence-electron chi connectivity index (χ3n) is 18.6. The summed E-state index contributed by atoms with van der Waals surface area (Å²) in [6.45, 7) is 0. The van der Waals surface area contributed by atoms with Crippen molar-refractivity contribution in [2.75, 3.05) is 0 Å². The molecule has 6 heterocycles. The molecule has 0 aliphatic heterocycles. The molecule has 0 N–H and O–H groups in total. The maximum absolute atomic E-state index is 7.22. The van der Waals surface area contributed by atoms with E-state index in [1.54, 1.807) is 0 Å². The van der Waals surface area contributed by atoms with E-state index in [2.05, 4.69) is 325 Å². The van der Waals surface area contributed by atoms with Gasteiger partial charge in [0.25, 0.3) is 0 Å². The Morgan fingerprint density at radius 3 is 1.23 bits per heavy atom. The molecule has 6 aromatic heterocycles. The zero-order valence-electron chi connectivity index (χ0n) is 48.5. The Bertz CT molecular complexity index is 5660. The van der Waals surface area contributed by atoms with E-state index in [0.717, 1.165) is 92.2 Å². The van der Waals surface area contributed by atoms with Crippen LogP contribution in [0.3, 0.4) is 0 Å². The van der Waals surface area contributed by atoms with Crippen molar-refractivity contribution in [2.24, 2.45) is 0 Å². The highest BCUT2D eigenvalue weighted by molar-refractivity contribution is 7.30. The summed E-state index contributed by atoms with van der Waals surface area (Å²) in [5, 5.41) is 18.8. The monoisotopic (exact) mass is 1200 g/mol. The van der Waals surface area contributed by atoms with Gasteiger partial charge in [-0.15, -0.1) is 11.3 Å². The van der Waals surface area contributed by atoms with E-state index in [1.165, 1.54) is 46.1 Å². The van der Waals surface area contributed by atoms with Crippen LogP contribution in [0.25, 0.3) is 109 Å². The highest BCUT2D eigenvalue weighted by atomic mass is 32.1. The summed E-state index contributed by atoms with van der Waals surface area (Å²) in [4.78, 5) is 21.7. The van der Waals surface area contributed by atoms with E-state index >= 15 is 0 Å². The van der Waals surface area contributed by atoms with Gasteiger partial charge >= 0.3 is 0 Å². The molecule has 18 rings (SSSR count). The summed E-state index contributed by atoms with van der Waals surface area (Å²) in [5.74, 6) is 1.23. The second kappa shape index (κ2) is 20.8. The highest BCUT2D eigenvalue weighted by Crippen LogP contribution is 2.39. The van der Waals surface area contributed by atoms with Gasteiger partial charge in [0.1, 0.15) is 11.2 Å². The van der Waals surface area contributed by atoms with Crippen molar-refractivity contribution in [3.05, 3.63) is 316 Å². The van der Waals surface area contributed by atoms with Gasteiger partial charge in [0.2, 0.25) is 11.9 Å². The number of furan rings is 1. The van der Waals surface area contributed by atoms with Gasteiger partial charge in [-0.05, 0) is 101 Å². The molecular weight excluding hydrogens is 1150 g/mol. The summed E-state index contributed by atoms with van der Waals surface area (Å²) < 4.78 is 14.2. The zero-order chi connectivity index (χ0) is 59.3. The molecule has 422 valence electrons. The third-order valence-corrected chi connectivity index (χ3v) is 29.5. The Hall–Kier alpha value is -11.1. The van der Waals surface area contributed by atoms with Crippen LogP contribution < -0.4 is 41.5 Å². The van der Waals surface area contributed by atoms with Gasteiger partial charge < -0.3 is 4.42 Å². The largest absolute Gasteiger partial charge is 0.456 e. The van der Waals surface area contributed by atoms with Crippen LogP contribution in [-0.4, -0.2) is 45.2 Å². The number of aromatic nitrogens is 6. The molecule has 0 spiro atoms. The predicted molar refractivity (Wildman–Crippen MR) is 379 cm³/mol. The SMILES string of the molecule is c1ccc([Si](c2ccccc2)(c2cnc(-n3c4ccccc4c4ccccc43)nc2)c2cc(-c3ccc4c(c3)c3ccccc3n4-c3ncc([Si](c4ccccc4)(c4ccccc4)c4cccc5c4sc4ccccc45)cn3)cc3c2oc2ccccc23)cc1. The number of hydrogen-bond acceptors (Lipinski definition) is 6. The van der Waals surface area contributed by atoms with Crippen LogP contribution in [0, 0.1) is 0 Å². The molecule has 18 aromatic rings. The van der Waals surface area contributed by atoms with E-state index in [1.807, 2.05) is 11.3 Å². The molecule has 0 fully saturated rings. The van der Waals surface area contributed by atoms with E-state index in [4.69, 9.17) is 24.4 Å². The molecule has 0 unspecified atom stereocenters. The molecule has 7 nitrogen and oxygen atoms in total. The fourth-order valence-corrected chi connectivity index (χ4v) is 25.9. The molecule has 0 aliphatic carbocycles. The first kappa shape index (κ1) is 52.0. The van der Waals surface area contributed by atoms with Crippen molar-refractivity contribution < 1.29 is 4.42 Å². The lowest BCUT2D eigenvalue weighted by atomic mass is 10.0. The minimum absolute atomic E-state index is 0.614. The first-order valence-electron chi connectivity index (χ1n) is 30.4. The third kappa shape index (κ3) is 7.75. The lowest BCUT2D eigenvalue weighted by Gasteiger charge is -2.34. The molecule has 0 saturated heterocycles. The Morgan fingerprint density at radius 2 is 0.700 bits per heavy atom. The predicted octanol–water partition coefficient (Wildman–Crippen LogP) is 14.1. The van der Waals surface area contributed by atoms with Crippen LogP contribution in [-0.2, 0) is 0 Å². The van der Waals surface area contributed by atoms with Gasteiger partial charge in [0, 0.05) is 77.3 Å². The Labute approximate surface area is 523 Å². The maximum Gasteiger partial charge on any atom is 0.234 e. The Balaban J connectivity index is 0.831. The first-order valence-corrected chi connectivity index (χ1v) is 35.2. The average Bonchev–Trinajstić information content (AvgIpc) is 1.21. The number of benzene rings is 12. The second-order valence-electron chi connectivity index (χ2n) is 23.2. The number of rotatable bonds is 11. The molecule has 0 radical (unpaired) electrons. The van der Waals surface area contributed by atoms with Crippen LogP contribution in [0.5, 0.6) is 0 Å². The lowest BCUT2D eigenvalue weighted by Crippen LogP contribution is -2.75. The molecule has 0 bridgehead atoms. The summed E-state index contributed by atoms with van der Waals surface area (Å²) in [6, 6.07) is 106. The van der Waals surface area contributed by atoms with Crippen LogP contribution in [0.1, 0.15) is 0 Å². The van der Waals surface area contributed by atoms with Gasteiger partial charge in [-0.1, -0.05) is 243 Å².